The lowest BCUT2D eigenvalue weighted by Crippen LogP contribution is -2.22. The molecule has 94 valence electrons. The fourth-order valence-corrected chi connectivity index (χ4v) is 2.07. The lowest BCUT2D eigenvalue weighted by Gasteiger charge is -2.08. The summed E-state index contributed by atoms with van der Waals surface area (Å²) in [4.78, 5) is 11.6. The van der Waals surface area contributed by atoms with Crippen molar-refractivity contribution in [2.24, 2.45) is 0 Å². The Labute approximate surface area is 119 Å². The highest BCUT2D eigenvalue weighted by Gasteiger charge is 1.97. The molecule has 1 N–H and O–H groups in total. The van der Waals surface area contributed by atoms with Crippen molar-refractivity contribution in [3.05, 3.63) is 62.4 Å². The topological polar surface area (TPSA) is 34.0 Å². The minimum atomic E-state index is -0.00361. The van der Waals surface area contributed by atoms with Crippen LogP contribution in [0.15, 0.2) is 51.9 Å². The van der Waals surface area contributed by atoms with E-state index in [0.29, 0.717) is 18.1 Å². The first kappa shape index (κ1) is 13.2. The minimum Gasteiger partial charge on any atom is -0.383 e. The molecule has 1 aromatic carbocycles. The Morgan fingerprint density at radius 2 is 1.89 bits per heavy atom. The molecule has 0 saturated heterocycles. The number of hydrogen-bond acceptors (Lipinski definition) is 2. The normalized spacial score (nSPS) is 10.3. The average molecular weight is 328 g/mol. The van der Waals surface area contributed by atoms with Crippen LogP contribution in [0, 0.1) is 0 Å². The standard InChI is InChI=1S/C13H12BrClN2O/c14-10-1-6-13(18)17(9-10)8-7-16-12-4-2-11(15)3-5-12/h1-6,9,16H,7-8H2. The van der Waals surface area contributed by atoms with Crippen LogP contribution < -0.4 is 10.9 Å². The van der Waals surface area contributed by atoms with Gasteiger partial charge in [-0.15, -0.1) is 0 Å². The van der Waals surface area contributed by atoms with E-state index in [2.05, 4.69) is 21.2 Å². The molecule has 0 fully saturated rings. The molecule has 0 amide bonds. The van der Waals surface area contributed by atoms with E-state index in [1.807, 2.05) is 24.3 Å². The monoisotopic (exact) mass is 326 g/mol. The number of aromatic nitrogens is 1. The summed E-state index contributed by atoms with van der Waals surface area (Å²) in [5.41, 5.74) is 0.985. The molecular weight excluding hydrogens is 316 g/mol. The van der Waals surface area contributed by atoms with Crippen LogP contribution in [0.3, 0.4) is 0 Å². The van der Waals surface area contributed by atoms with Crippen molar-refractivity contribution in [1.82, 2.24) is 4.57 Å². The minimum absolute atomic E-state index is 0.00361. The van der Waals surface area contributed by atoms with Crippen LogP contribution in [0.5, 0.6) is 0 Å². The van der Waals surface area contributed by atoms with Crippen LogP contribution in [0.1, 0.15) is 0 Å². The van der Waals surface area contributed by atoms with E-state index in [9.17, 15) is 4.79 Å². The van der Waals surface area contributed by atoms with Gasteiger partial charge in [0, 0.05) is 40.5 Å². The highest BCUT2D eigenvalue weighted by atomic mass is 79.9. The van der Waals surface area contributed by atoms with Crippen molar-refractivity contribution in [2.45, 2.75) is 6.54 Å². The molecule has 5 heteroatoms. The molecule has 0 aliphatic heterocycles. The molecule has 2 aromatic rings. The van der Waals surface area contributed by atoms with Crippen molar-refractivity contribution in [3.63, 3.8) is 0 Å². The number of halogens is 2. The number of nitrogens with zero attached hydrogens (tertiary/aromatic N) is 1. The third-order valence-electron chi connectivity index (χ3n) is 2.47. The van der Waals surface area contributed by atoms with E-state index >= 15 is 0 Å². The van der Waals surface area contributed by atoms with Gasteiger partial charge in [-0.25, -0.2) is 0 Å². The Morgan fingerprint density at radius 1 is 1.17 bits per heavy atom. The lowest BCUT2D eigenvalue weighted by molar-refractivity contribution is 0.695. The molecule has 0 aliphatic carbocycles. The molecule has 2 rings (SSSR count). The first-order valence-corrected chi connectivity index (χ1v) is 6.68. The van der Waals surface area contributed by atoms with E-state index in [1.165, 1.54) is 0 Å². The third kappa shape index (κ3) is 3.62. The number of hydrogen-bond donors (Lipinski definition) is 1. The number of anilines is 1. The summed E-state index contributed by atoms with van der Waals surface area (Å²) in [5.74, 6) is 0. The van der Waals surface area contributed by atoms with Crippen molar-refractivity contribution in [2.75, 3.05) is 11.9 Å². The Balaban J connectivity index is 1.94. The zero-order valence-electron chi connectivity index (χ0n) is 9.57. The van der Waals surface area contributed by atoms with Gasteiger partial charge in [-0.1, -0.05) is 11.6 Å². The molecule has 18 heavy (non-hydrogen) atoms. The Hall–Kier alpha value is -1.26. The van der Waals surface area contributed by atoms with Crippen molar-refractivity contribution in [3.8, 4) is 0 Å². The fourth-order valence-electron chi connectivity index (χ4n) is 1.57. The van der Waals surface area contributed by atoms with E-state index in [0.717, 1.165) is 10.2 Å². The smallest absolute Gasteiger partial charge is 0.250 e. The van der Waals surface area contributed by atoms with Crippen LogP contribution in [0.2, 0.25) is 5.02 Å². The molecule has 0 unspecified atom stereocenters. The summed E-state index contributed by atoms with van der Waals surface area (Å²) in [7, 11) is 0. The first-order valence-electron chi connectivity index (χ1n) is 5.50. The summed E-state index contributed by atoms with van der Waals surface area (Å²) < 4.78 is 2.56. The molecule has 3 nitrogen and oxygen atoms in total. The maximum Gasteiger partial charge on any atom is 0.250 e. The summed E-state index contributed by atoms with van der Waals surface area (Å²) in [6, 6.07) is 10.8. The number of nitrogens with one attached hydrogen (secondary N) is 1. The second-order valence-electron chi connectivity index (χ2n) is 3.81. The average Bonchev–Trinajstić information content (AvgIpc) is 2.36. The molecular formula is C13H12BrClN2O. The van der Waals surface area contributed by atoms with Gasteiger partial charge in [0.05, 0.1) is 0 Å². The Morgan fingerprint density at radius 3 is 2.61 bits per heavy atom. The maximum absolute atomic E-state index is 11.6. The van der Waals surface area contributed by atoms with E-state index in [-0.39, 0.29) is 5.56 Å². The van der Waals surface area contributed by atoms with E-state index in [1.54, 1.807) is 22.9 Å². The summed E-state index contributed by atoms with van der Waals surface area (Å²) in [5, 5.41) is 3.95. The van der Waals surface area contributed by atoms with Gasteiger partial charge in [-0.05, 0) is 46.3 Å². The summed E-state index contributed by atoms with van der Waals surface area (Å²) in [6.45, 7) is 1.29. The van der Waals surface area contributed by atoms with Gasteiger partial charge in [0.1, 0.15) is 0 Å². The molecule has 0 bridgehead atoms. The Bertz CT molecular complexity index is 580. The highest BCUT2D eigenvalue weighted by Crippen LogP contribution is 2.13. The van der Waals surface area contributed by atoms with Crippen LogP contribution in [-0.2, 0) is 6.54 Å². The number of pyridine rings is 1. The van der Waals surface area contributed by atoms with Crippen LogP contribution in [-0.4, -0.2) is 11.1 Å². The molecule has 0 spiro atoms. The van der Waals surface area contributed by atoms with Crippen LogP contribution >= 0.6 is 27.5 Å². The second kappa shape index (κ2) is 6.07. The molecule has 0 atom stereocenters. The molecule has 0 aliphatic rings. The molecule has 1 aromatic heterocycles. The van der Waals surface area contributed by atoms with Crippen molar-refractivity contribution in [1.29, 1.82) is 0 Å². The van der Waals surface area contributed by atoms with Gasteiger partial charge in [0.25, 0.3) is 5.56 Å². The third-order valence-corrected chi connectivity index (χ3v) is 3.19. The first-order chi connectivity index (χ1) is 8.65. The lowest BCUT2D eigenvalue weighted by atomic mass is 10.3. The van der Waals surface area contributed by atoms with Gasteiger partial charge in [0.2, 0.25) is 0 Å². The van der Waals surface area contributed by atoms with Gasteiger partial charge in [0.15, 0.2) is 0 Å². The van der Waals surface area contributed by atoms with Crippen molar-refractivity contribution < 1.29 is 0 Å². The highest BCUT2D eigenvalue weighted by molar-refractivity contribution is 9.10. The SMILES string of the molecule is O=c1ccc(Br)cn1CCNc1ccc(Cl)cc1. The van der Waals surface area contributed by atoms with Gasteiger partial charge in [-0.2, -0.15) is 0 Å². The molecule has 1 heterocycles. The predicted octanol–water partition coefficient (Wildman–Crippen LogP) is 3.38. The predicted molar refractivity (Wildman–Crippen MR) is 78.3 cm³/mol. The number of rotatable bonds is 4. The zero-order valence-corrected chi connectivity index (χ0v) is 11.9. The number of benzene rings is 1. The second-order valence-corrected chi connectivity index (χ2v) is 5.16. The quantitative estimate of drug-likeness (QED) is 0.934. The van der Waals surface area contributed by atoms with Gasteiger partial charge >= 0.3 is 0 Å². The van der Waals surface area contributed by atoms with E-state index < -0.39 is 0 Å². The van der Waals surface area contributed by atoms with Gasteiger partial charge in [-0.3, -0.25) is 4.79 Å². The molecule has 0 radical (unpaired) electrons. The van der Waals surface area contributed by atoms with E-state index in [4.69, 9.17) is 11.6 Å². The maximum atomic E-state index is 11.6. The summed E-state index contributed by atoms with van der Waals surface area (Å²) >= 11 is 9.15. The fraction of sp³-hybridized carbons (Fsp3) is 0.154. The van der Waals surface area contributed by atoms with Crippen LogP contribution in [0.4, 0.5) is 5.69 Å². The summed E-state index contributed by atoms with van der Waals surface area (Å²) in [6.07, 6.45) is 1.78. The zero-order chi connectivity index (χ0) is 13.0. The van der Waals surface area contributed by atoms with Gasteiger partial charge < -0.3 is 9.88 Å². The van der Waals surface area contributed by atoms with Crippen LogP contribution in [0.25, 0.3) is 0 Å². The Kier molecular flexibility index (Phi) is 4.44. The van der Waals surface area contributed by atoms with Crippen molar-refractivity contribution >= 4 is 33.2 Å². The molecule has 0 saturated carbocycles. The largest absolute Gasteiger partial charge is 0.383 e.